The van der Waals surface area contributed by atoms with Crippen LogP contribution in [-0.2, 0) is 0 Å². The summed E-state index contributed by atoms with van der Waals surface area (Å²) in [5, 5.41) is 1.96. The van der Waals surface area contributed by atoms with E-state index in [-0.39, 0.29) is 0 Å². The summed E-state index contributed by atoms with van der Waals surface area (Å²) in [6.45, 7) is 2.10. The van der Waals surface area contributed by atoms with E-state index in [0.29, 0.717) is 0 Å². The van der Waals surface area contributed by atoms with Crippen LogP contribution in [0.2, 0.25) is 0 Å². The molecule has 0 aromatic rings. The summed E-state index contributed by atoms with van der Waals surface area (Å²) in [4.78, 5) is 2.15. The molecule has 0 amide bonds. The number of hydrogen-bond donors (Lipinski definition) is 1. The smallest absolute Gasteiger partial charge is 0.0230 e. The van der Waals surface area contributed by atoms with Crippen molar-refractivity contribution >= 4 is 0 Å². The normalized spacial score (nSPS) is 11.3. The molecule has 0 radical (unpaired) electrons. The van der Waals surface area contributed by atoms with Crippen molar-refractivity contribution in [2.45, 2.75) is 0 Å². The van der Waals surface area contributed by atoms with Crippen LogP contribution in [0.1, 0.15) is 0 Å². The second-order valence-corrected chi connectivity index (χ2v) is 2.61. The lowest BCUT2D eigenvalue weighted by Crippen LogP contribution is -2.35. The maximum Gasteiger partial charge on any atom is 0.0230 e. The van der Waals surface area contributed by atoms with Crippen LogP contribution in [0.5, 0.6) is 0 Å². The second-order valence-electron chi connectivity index (χ2n) is 2.61. The van der Waals surface area contributed by atoms with E-state index in [2.05, 4.69) is 24.4 Å². The minimum absolute atomic E-state index is 1.01. The number of hydrazine groups is 1. The predicted molar refractivity (Wildman–Crippen MR) is 40.2 cm³/mol. The van der Waals surface area contributed by atoms with Crippen molar-refractivity contribution in [3.05, 3.63) is 0 Å². The molecule has 0 bridgehead atoms. The number of likely N-dealkylation sites (N-methyl/N-ethyl adjacent to an activating group) is 1. The van der Waals surface area contributed by atoms with Gasteiger partial charge in [-0.05, 0) is 14.1 Å². The van der Waals surface area contributed by atoms with Gasteiger partial charge in [0.1, 0.15) is 0 Å². The van der Waals surface area contributed by atoms with Crippen LogP contribution in [0.25, 0.3) is 0 Å². The molecular formula is C6H17N3. The highest BCUT2D eigenvalue weighted by molar-refractivity contribution is 4.44. The Labute approximate surface area is 57.6 Å². The summed E-state index contributed by atoms with van der Waals surface area (Å²) in [6.07, 6.45) is 0. The predicted octanol–water partition coefficient (Wildman–Crippen LogP) is -0.386. The highest BCUT2D eigenvalue weighted by Gasteiger charge is 1.88. The van der Waals surface area contributed by atoms with E-state index in [1.54, 1.807) is 0 Å². The zero-order valence-corrected chi connectivity index (χ0v) is 6.81. The molecule has 56 valence electrons. The fourth-order valence-corrected chi connectivity index (χ4v) is 0.497. The van der Waals surface area contributed by atoms with Crippen molar-refractivity contribution in [1.29, 1.82) is 0 Å². The average molecular weight is 131 g/mol. The maximum atomic E-state index is 3.17. The molecule has 0 saturated heterocycles. The summed E-state index contributed by atoms with van der Waals surface area (Å²) in [5.41, 5.74) is 3.17. The Hall–Kier alpha value is -0.120. The molecule has 0 rings (SSSR count). The Morgan fingerprint density at radius 2 is 1.67 bits per heavy atom. The van der Waals surface area contributed by atoms with Crippen molar-refractivity contribution in [3.63, 3.8) is 0 Å². The van der Waals surface area contributed by atoms with Gasteiger partial charge in [0.25, 0.3) is 0 Å². The molecule has 0 unspecified atom stereocenters. The van der Waals surface area contributed by atoms with E-state index in [1.165, 1.54) is 0 Å². The molecule has 0 heterocycles. The highest BCUT2D eigenvalue weighted by atomic mass is 15.5. The average Bonchev–Trinajstić information content (AvgIpc) is 1.63. The first-order chi connectivity index (χ1) is 4.13. The Balaban J connectivity index is 2.91. The largest absolute Gasteiger partial charge is 0.308 e. The summed E-state index contributed by atoms with van der Waals surface area (Å²) in [6, 6.07) is 0. The molecule has 9 heavy (non-hydrogen) atoms. The molecule has 0 aromatic carbocycles. The van der Waals surface area contributed by atoms with Gasteiger partial charge in [0.15, 0.2) is 0 Å². The molecular weight excluding hydrogens is 114 g/mol. The van der Waals surface area contributed by atoms with E-state index >= 15 is 0 Å². The van der Waals surface area contributed by atoms with Gasteiger partial charge in [0.05, 0.1) is 0 Å². The number of nitrogens with zero attached hydrogens (tertiary/aromatic N) is 2. The van der Waals surface area contributed by atoms with Crippen LogP contribution in [0.15, 0.2) is 0 Å². The lowest BCUT2D eigenvalue weighted by molar-refractivity contribution is 0.267. The van der Waals surface area contributed by atoms with Crippen LogP contribution in [0.3, 0.4) is 0 Å². The van der Waals surface area contributed by atoms with Gasteiger partial charge >= 0.3 is 0 Å². The summed E-state index contributed by atoms with van der Waals surface area (Å²) >= 11 is 0. The summed E-state index contributed by atoms with van der Waals surface area (Å²) in [5.74, 6) is 0. The zero-order valence-electron chi connectivity index (χ0n) is 6.81. The third-order valence-corrected chi connectivity index (χ3v) is 0.987. The van der Waals surface area contributed by atoms with Crippen LogP contribution in [0, 0.1) is 0 Å². The van der Waals surface area contributed by atoms with Crippen LogP contribution < -0.4 is 5.43 Å². The number of nitrogens with one attached hydrogen (secondary N) is 1. The molecule has 0 saturated carbocycles. The van der Waals surface area contributed by atoms with Crippen molar-refractivity contribution in [2.75, 3.05) is 41.3 Å². The van der Waals surface area contributed by atoms with Crippen molar-refractivity contribution < 1.29 is 0 Å². The number of rotatable bonds is 4. The molecule has 3 nitrogen and oxygen atoms in total. The molecule has 0 aliphatic carbocycles. The lowest BCUT2D eigenvalue weighted by Gasteiger charge is -2.14. The zero-order chi connectivity index (χ0) is 7.28. The van der Waals surface area contributed by atoms with Gasteiger partial charge in [-0.3, -0.25) is 10.4 Å². The van der Waals surface area contributed by atoms with E-state index in [4.69, 9.17) is 0 Å². The second kappa shape index (κ2) is 4.73. The van der Waals surface area contributed by atoms with Gasteiger partial charge in [-0.25, -0.2) is 0 Å². The first-order valence-electron chi connectivity index (χ1n) is 3.18. The Bertz CT molecular complexity index is 53.3. The lowest BCUT2D eigenvalue weighted by atomic mass is 10.6. The SMILES string of the molecule is CN(C)CCNN(C)C. The molecule has 3 heteroatoms. The molecule has 0 aromatic heterocycles. The first-order valence-corrected chi connectivity index (χ1v) is 3.18. The molecule has 0 spiro atoms. The summed E-state index contributed by atoms with van der Waals surface area (Å²) < 4.78 is 0. The minimum atomic E-state index is 1.01. The van der Waals surface area contributed by atoms with Gasteiger partial charge in [-0.2, -0.15) is 0 Å². The maximum absolute atomic E-state index is 3.17. The van der Waals surface area contributed by atoms with E-state index in [9.17, 15) is 0 Å². The molecule has 0 fully saturated rings. The minimum Gasteiger partial charge on any atom is -0.308 e. The Morgan fingerprint density at radius 3 is 2.00 bits per heavy atom. The molecule has 1 N–H and O–H groups in total. The van der Waals surface area contributed by atoms with Gasteiger partial charge in [0.2, 0.25) is 0 Å². The third-order valence-electron chi connectivity index (χ3n) is 0.987. The monoisotopic (exact) mass is 131 g/mol. The van der Waals surface area contributed by atoms with E-state index in [1.807, 2.05) is 19.1 Å². The fraction of sp³-hybridized carbons (Fsp3) is 1.00. The topological polar surface area (TPSA) is 18.5 Å². The molecule has 0 aliphatic rings. The third kappa shape index (κ3) is 7.88. The van der Waals surface area contributed by atoms with Crippen LogP contribution in [-0.4, -0.2) is 51.2 Å². The Morgan fingerprint density at radius 1 is 1.11 bits per heavy atom. The van der Waals surface area contributed by atoms with Crippen molar-refractivity contribution in [3.8, 4) is 0 Å². The van der Waals surface area contributed by atoms with Crippen molar-refractivity contribution in [1.82, 2.24) is 15.3 Å². The van der Waals surface area contributed by atoms with Gasteiger partial charge in [-0.1, -0.05) is 0 Å². The molecule has 0 atom stereocenters. The fourth-order valence-electron chi connectivity index (χ4n) is 0.497. The van der Waals surface area contributed by atoms with Gasteiger partial charge in [-0.15, -0.1) is 0 Å². The van der Waals surface area contributed by atoms with E-state index < -0.39 is 0 Å². The van der Waals surface area contributed by atoms with Crippen LogP contribution >= 0.6 is 0 Å². The van der Waals surface area contributed by atoms with Crippen molar-refractivity contribution in [2.24, 2.45) is 0 Å². The van der Waals surface area contributed by atoms with E-state index in [0.717, 1.165) is 13.1 Å². The van der Waals surface area contributed by atoms with Crippen LogP contribution in [0.4, 0.5) is 0 Å². The van der Waals surface area contributed by atoms with Gasteiger partial charge in [0, 0.05) is 27.2 Å². The molecule has 0 aliphatic heterocycles. The van der Waals surface area contributed by atoms with Gasteiger partial charge < -0.3 is 4.90 Å². The standard InChI is InChI=1S/C6H17N3/c1-8(2)6-5-7-9(3)4/h7H,5-6H2,1-4H3. The quantitative estimate of drug-likeness (QED) is 0.524. The first kappa shape index (κ1) is 8.88. The Kier molecular flexibility index (Phi) is 4.67. The summed E-state index contributed by atoms with van der Waals surface area (Å²) in [7, 11) is 8.12. The highest BCUT2D eigenvalue weighted by Crippen LogP contribution is 1.70. The number of hydrogen-bond acceptors (Lipinski definition) is 3.